The Balaban J connectivity index is 2.44. The average molecular weight is 292 g/mol. The minimum atomic E-state index is -0.640. The smallest absolute Gasteiger partial charge is 0.146 e. The molecular weight excluding hydrogens is 277 g/mol. The van der Waals surface area contributed by atoms with Gasteiger partial charge in [0.15, 0.2) is 0 Å². The minimum Gasteiger partial charge on any atom is -0.389 e. The summed E-state index contributed by atoms with van der Waals surface area (Å²) in [6.45, 7) is 2.92. The molecule has 5 heteroatoms. The van der Waals surface area contributed by atoms with Crippen LogP contribution in [-0.4, -0.2) is 31.0 Å². The minimum absolute atomic E-state index is 0.249. The Bertz CT molecular complexity index is 336. The Kier molecular flexibility index (Phi) is 5.73. The molecule has 0 saturated heterocycles. The van der Waals surface area contributed by atoms with Crippen molar-refractivity contribution in [3.63, 3.8) is 0 Å². The van der Waals surface area contributed by atoms with Crippen LogP contribution in [0, 0.1) is 5.82 Å². The summed E-state index contributed by atoms with van der Waals surface area (Å²) >= 11 is 3.25. The van der Waals surface area contributed by atoms with Crippen LogP contribution < -0.4 is 5.32 Å². The van der Waals surface area contributed by atoms with Gasteiger partial charge in [0.1, 0.15) is 5.82 Å². The quantitative estimate of drug-likeness (QED) is 0.846. The highest BCUT2D eigenvalue weighted by atomic mass is 79.9. The van der Waals surface area contributed by atoms with Gasteiger partial charge in [0.25, 0.3) is 0 Å². The highest BCUT2D eigenvalue weighted by Crippen LogP contribution is 2.19. The molecule has 1 rings (SSSR count). The lowest BCUT2D eigenvalue weighted by atomic mass is 10.3. The third-order valence-corrected chi connectivity index (χ3v) is 2.46. The van der Waals surface area contributed by atoms with Crippen LogP contribution in [0.15, 0.2) is 22.7 Å². The van der Waals surface area contributed by atoms with Crippen molar-refractivity contribution in [1.29, 1.82) is 0 Å². The molecular formula is C11H15BrFNO2. The summed E-state index contributed by atoms with van der Waals surface area (Å²) in [6.07, 6.45) is -0.640. The Morgan fingerprint density at radius 1 is 1.56 bits per heavy atom. The molecule has 1 aromatic rings. The van der Waals surface area contributed by atoms with E-state index in [0.29, 0.717) is 12.3 Å². The Morgan fingerprint density at radius 2 is 2.31 bits per heavy atom. The molecule has 0 amide bonds. The molecule has 0 aromatic heterocycles. The number of anilines is 1. The number of nitrogens with one attached hydrogen (secondary N) is 1. The van der Waals surface area contributed by atoms with Crippen molar-refractivity contribution < 1.29 is 14.2 Å². The van der Waals surface area contributed by atoms with Gasteiger partial charge in [-0.3, -0.25) is 0 Å². The van der Waals surface area contributed by atoms with Gasteiger partial charge in [-0.15, -0.1) is 0 Å². The van der Waals surface area contributed by atoms with Crippen LogP contribution in [-0.2, 0) is 4.74 Å². The van der Waals surface area contributed by atoms with Gasteiger partial charge in [0.05, 0.1) is 18.4 Å². The molecule has 0 bridgehead atoms. The normalized spacial score (nSPS) is 12.5. The summed E-state index contributed by atoms with van der Waals surface area (Å²) in [7, 11) is 0. The lowest BCUT2D eigenvalue weighted by Crippen LogP contribution is -2.25. The lowest BCUT2D eigenvalue weighted by molar-refractivity contribution is 0.0495. The van der Waals surface area contributed by atoms with E-state index >= 15 is 0 Å². The van der Waals surface area contributed by atoms with Gasteiger partial charge in [-0.25, -0.2) is 4.39 Å². The van der Waals surface area contributed by atoms with E-state index < -0.39 is 6.10 Å². The molecule has 0 aliphatic carbocycles. The first-order chi connectivity index (χ1) is 7.63. The molecule has 16 heavy (non-hydrogen) atoms. The second-order valence-corrected chi connectivity index (χ2v) is 4.23. The fraction of sp³-hybridized carbons (Fsp3) is 0.455. The zero-order chi connectivity index (χ0) is 12.0. The van der Waals surface area contributed by atoms with Crippen molar-refractivity contribution in [1.82, 2.24) is 0 Å². The van der Waals surface area contributed by atoms with Crippen LogP contribution in [0.25, 0.3) is 0 Å². The molecule has 0 fully saturated rings. The van der Waals surface area contributed by atoms with Gasteiger partial charge in [0, 0.05) is 17.6 Å². The van der Waals surface area contributed by atoms with Gasteiger partial charge in [-0.05, 0) is 25.1 Å². The maximum Gasteiger partial charge on any atom is 0.146 e. The number of benzene rings is 1. The zero-order valence-corrected chi connectivity index (χ0v) is 10.6. The van der Waals surface area contributed by atoms with E-state index in [4.69, 9.17) is 4.74 Å². The fourth-order valence-electron chi connectivity index (χ4n) is 1.17. The van der Waals surface area contributed by atoms with Gasteiger partial charge in [-0.2, -0.15) is 0 Å². The molecule has 0 aliphatic rings. The molecule has 90 valence electrons. The summed E-state index contributed by atoms with van der Waals surface area (Å²) in [5.74, 6) is -0.341. The third-order valence-electron chi connectivity index (χ3n) is 1.97. The Labute approximate surface area is 103 Å². The van der Waals surface area contributed by atoms with Crippen molar-refractivity contribution >= 4 is 21.6 Å². The van der Waals surface area contributed by atoms with E-state index in [0.717, 1.165) is 4.47 Å². The van der Waals surface area contributed by atoms with E-state index in [1.54, 1.807) is 12.1 Å². The van der Waals surface area contributed by atoms with Crippen LogP contribution in [0.3, 0.4) is 0 Å². The number of hydrogen-bond donors (Lipinski definition) is 2. The molecule has 1 atom stereocenters. The van der Waals surface area contributed by atoms with E-state index in [2.05, 4.69) is 21.2 Å². The molecule has 0 aliphatic heterocycles. The van der Waals surface area contributed by atoms with Gasteiger partial charge >= 0.3 is 0 Å². The summed E-state index contributed by atoms with van der Waals surface area (Å²) in [4.78, 5) is 0. The van der Waals surface area contributed by atoms with E-state index in [-0.39, 0.29) is 19.0 Å². The monoisotopic (exact) mass is 291 g/mol. The zero-order valence-electron chi connectivity index (χ0n) is 9.04. The van der Waals surface area contributed by atoms with Crippen LogP contribution in [0.4, 0.5) is 10.1 Å². The van der Waals surface area contributed by atoms with Gasteiger partial charge in [-0.1, -0.05) is 15.9 Å². The van der Waals surface area contributed by atoms with Crippen LogP contribution >= 0.6 is 15.9 Å². The first kappa shape index (κ1) is 13.4. The van der Waals surface area contributed by atoms with Crippen LogP contribution in [0.5, 0.6) is 0 Å². The summed E-state index contributed by atoms with van der Waals surface area (Å²) in [6, 6.07) is 4.61. The highest BCUT2D eigenvalue weighted by Gasteiger charge is 2.06. The molecule has 0 spiro atoms. The SMILES string of the molecule is CCOCC(O)CNc1cc(Br)ccc1F. The Hall–Kier alpha value is -0.650. The molecule has 0 saturated carbocycles. The third kappa shape index (κ3) is 4.47. The van der Waals surface area contributed by atoms with Gasteiger partial charge in [0.2, 0.25) is 0 Å². The summed E-state index contributed by atoms with van der Waals surface area (Å²) in [5.41, 5.74) is 0.366. The maximum absolute atomic E-state index is 13.3. The molecule has 1 aromatic carbocycles. The van der Waals surface area contributed by atoms with E-state index in [1.165, 1.54) is 6.07 Å². The number of halogens is 2. The van der Waals surface area contributed by atoms with Crippen LogP contribution in [0.1, 0.15) is 6.92 Å². The van der Waals surface area contributed by atoms with Crippen LogP contribution in [0.2, 0.25) is 0 Å². The lowest BCUT2D eigenvalue weighted by Gasteiger charge is -2.13. The number of rotatable bonds is 6. The molecule has 1 unspecified atom stereocenters. The average Bonchev–Trinajstić information content (AvgIpc) is 2.27. The second-order valence-electron chi connectivity index (χ2n) is 3.32. The predicted molar refractivity (Wildman–Crippen MR) is 65.1 cm³/mol. The van der Waals surface area contributed by atoms with E-state index in [9.17, 15) is 9.50 Å². The van der Waals surface area contributed by atoms with Crippen molar-refractivity contribution in [3.05, 3.63) is 28.5 Å². The highest BCUT2D eigenvalue weighted by molar-refractivity contribution is 9.10. The topological polar surface area (TPSA) is 41.5 Å². The second kappa shape index (κ2) is 6.83. The summed E-state index contributed by atoms with van der Waals surface area (Å²) in [5, 5.41) is 12.3. The van der Waals surface area contributed by atoms with Crippen molar-refractivity contribution in [2.45, 2.75) is 13.0 Å². The molecule has 0 heterocycles. The predicted octanol–water partition coefficient (Wildman–Crippen LogP) is 2.40. The number of aliphatic hydroxyl groups is 1. The van der Waals surface area contributed by atoms with Crippen molar-refractivity contribution in [2.24, 2.45) is 0 Å². The number of hydrogen-bond acceptors (Lipinski definition) is 3. The standard InChI is InChI=1S/C11H15BrFNO2/c1-2-16-7-9(15)6-14-11-5-8(12)3-4-10(11)13/h3-5,9,14-15H,2,6-7H2,1H3. The van der Waals surface area contributed by atoms with Crippen molar-refractivity contribution in [2.75, 3.05) is 25.1 Å². The fourth-order valence-corrected chi connectivity index (χ4v) is 1.53. The summed E-state index contributed by atoms with van der Waals surface area (Å²) < 4.78 is 19.1. The number of aliphatic hydroxyl groups excluding tert-OH is 1. The Morgan fingerprint density at radius 3 is 3.00 bits per heavy atom. The largest absolute Gasteiger partial charge is 0.389 e. The number of ether oxygens (including phenoxy) is 1. The van der Waals surface area contributed by atoms with Crippen molar-refractivity contribution in [3.8, 4) is 0 Å². The molecule has 0 radical (unpaired) electrons. The van der Waals surface area contributed by atoms with E-state index in [1.807, 2.05) is 6.92 Å². The first-order valence-electron chi connectivity index (χ1n) is 5.08. The first-order valence-corrected chi connectivity index (χ1v) is 5.87. The maximum atomic E-state index is 13.3. The molecule has 2 N–H and O–H groups in total. The van der Waals surface area contributed by atoms with Gasteiger partial charge < -0.3 is 15.2 Å². The molecule has 3 nitrogen and oxygen atoms in total.